The Morgan fingerprint density at radius 3 is 2.56 bits per heavy atom. The van der Waals surface area contributed by atoms with Gasteiger partial charge in [0.15, 0.2) is 0 Å². The molecule has 1 N–H and O–H groups in total. The maximum Gasteiger partial charge on any atom is 0.0777 e. The Hall–Kier alpha value is -0.120. The van der Waals surface area contributed by atoms with Crippen LogP contribution in [0.3, 0.4) is 0 Å². The van der Waals surface area contributed by atoms with Gasteiger partial charge in [-0.1, -0.05) is 20.3 Å². The molecule has 0 spiro atoms. The van der Waals surface area contributed by atoms with Crippen molar-refractivity contribution < 1.29 is 9.84 Å². The topological polar surface area (TPSA) is 32.7 Å². The van der Waals surface area contributed by atoms with Crippen molar-refractivity contribution in [2.45, 2.75) is 70.6 Å². The first-order valence-corrected chi connectivity index (χ1v) is 7.35. The summed E-state index contributed by atoms with van der Waals surface area (Å²) in [6, 6.07) is 0.323. The summed E-state index contributed by atoms with van der Waals surface area (Å²) in [7, 11) is 1.81. The maximum absolute atomic E-state index is 10.6. The van der Waals surface area contributed by atoms with Gasteiger partial charge in [0.1, 0.15) is 0 Å². The van der Waals surface area contributed by atoms with Gasteiger partial charge in [0, 0.05) is 19.7 Å². The molecule has 1 saturated heterocycles. The van der Waals surface area contributed by atoms with Gasteiger partial charge < -0.3 is 9.84 Å². The molecule has 2 aliphatic rings. The number of rotatable bonds is 2. The highest BCUT2D eigenvalue weighted by molar-refractivity contribution is 4.96. The lowest BCUT2D eigenvalue weighted by molar-refractivity contribution is -0.107. The molecule has 2 rings (SSSR count). The van der Waals surface area contributed by atoms with Crippen LogP contribution in [0.15, 0.2) is 0 Å². The van der Waals surface area contributed by atoms with Gasteiger partial charge in [0.2, 0.25) is 0 Å². The van der Waals surface area contributed by atoms with E-state index in [1.54, 1.807) is 0 Å². The maximum atomic E-state index is 10.6. The molecule has 1 saturated carbocycles. The SMILES string of the molecule is COC1(C)CCCN(C2CCCC(C)(C)C2O)C1. The molecule has 106 valence electrons. The zero-order chi connectivity index (χ0) is 13.4. The van der Waals surface area contributed by atoms with Crippen molar-refractivity contribution in [1.82, 2.24) is 4.90 Å². The zero-order valence-corrected chi connectivity index (χ0v) is 12.4. The Morgan fingerprint density at radius 1 is 1.17 bits per heavy atom. The summed E-state index contributed by atoms with van der Waals surface area (Å²) in [5.74, 6) is 0. The van der Waals surface area contributed by atoms with E-state index in [-0.39, 0.29) is 17.1 Å². The average molecular weight is 255 g/mol. The molecule has 3 heteroatoms. The van der Waals surface area contributed by atoms with Crippen molar-refractivity contribution in [3.8, 4) is 0 Å². The molecule has 1 heterocycles. The summed E-state index contributed by atoms with van der Waals surface area (Å²) >= 11 is 0. The lowest BCUT2D eigenvalue weighted by Crippen LogP contribution is -2.58. The summed E-state index contributed by atoms with van der Waals surface area (Å²) < 4.78 is 5.66. The average Bonchev–Trinajstić information content (AvgIpc) is 2.33. The molecule has 0 radical (unpaired) electrons. The normalized spacial score (nSPS) is 41.8. The highest BCUT2D eigenvalue weighted by Crippen LogP contribution is 2.39. The first-order chi connectivity index (χ1) is 8.38. The van der Waals surface area contributed by atoms with Crippen molar-refractivity contribution in [2.75, 3.05) is 20.2 Å². The summed E-state index contributed by atoms with van der Waals surface area (Å²) in [5, 5.41) is 10.6. The highest BCUT2D eigenvalue weighted by Gasteiger charge is 2.43. The minimum Gasteiger partial charge on any atom is -0.391 e. The van der Waals surface area contributed by atoms with E-state index >= 15 is 0 Å². The number of likely N-dealkylation sites (tertiary alicyclic amines) is 1. The van der Waals surface area contributed by atoms with Gasteiger partial charge in [-0.3, -0.25) is 4.90 Å². The molecule has 1 aliphatic carbocycles. The smallest absolute Gasteiger partial charge is 0.0777 e. The second-order valence-electron chi connectivity index (χ2n) is 7.12. The fourth-order valence-electron chi connectivity index (χ4n) is 3.67. The van der Waals surface area contributed by atoms with Crippen LogP contribution in [0.4, 0.5) is 0 Å². The van der Waals surface area contributed by atoms with Gasteiger partial charge in [-0.2, -0.15) is 0 Å². The van der Waals surface area contributed by atoms with Crippen molar-refractivity contribution in [3.63, 3.8) is 0 Å². The van der Waals surface area contributed by atoms with Crippen molar-refractivity contribution in [1.29, 1.82) is 0 Å². The van der Waals surface area contributed by atoms with Crippen LogP contribution in [-0.2, 0) is 4.74 Å². The van der Waals surface area contributed by atoms with E-state index in [1.165, 1.54) is 12.8 Å². The fraction of sp³-hybridized carbons (Fsp3) is 1.00. The first kappa shape index (κ1) is 14.3. The molecule has 0 aromatic rings. The third-order valence-electron chi connectivity index (χ3n) is 5.14. The molecular formula is C15H29NO2. The van der Waals surface area contributed by atoms with Crippen molar-refractivity contribution in [3.05, 3.63) is 0 Å². The Balaban J connectivity index is 2.06. The molecule has 0 bridgehead atoms. The van der Waals surface area contributed by atoms with Gasteiger partial charge in [0.25, 0.3) is 0 Å². The van der Waals surface area contributed by atoms with E-state index in [2.05, 4.69) is 25.7 Å². The van der Waals surface area contributed by atoms with Crippen LogP contribution in [0.5, 0.6) is 0 Å². The summed E-state index contributed by atoms with van der Waals surface area (Å²) in [5.41, 5.74) is 0.0311. The number of methoxy groups -OCH3 is 1. The van der Waals surface area contributed by atoms with Gasteiger partial charge in [-0.15, -0.1) is 0 Å². The number of ether oxygens (including phenoxy) is 1. The van der Waals surface area contributed by atoms with E-state index in [1.807, 2.05) is 7.11 Å². The monoisotopic (exact) mass is 255 g/mol. The summed E-state index contributed by atoms with van der Waals surface area (Å²) in [6.45, 7) is 8.66. The molecule has 1 aliphatic heterocycles. The van der Waals surface area contributed by atoms with Gasteiger partial charge in [0.05, 0.1) is 11.7 Å². The Morgan fingerprint density at radius 2 is 1.89 bits per heavy atom. The number of hydrogen-bond donors (Lipinski definition) is 1. The van der Waals surface area contributed by atoms with Crippen LogP contribution in [0.2, 0.25) is 0 Å². The van der Waals surface area contributed by atoms with Crippen LogP contribution in [0, 0.1) is 5.41 Å². The standard InChI is InChI=1S/C15H29NO2/c1-14(2)8-5-7-12(13(14)17)16-10-6-9-15(3,11-16)18-4/h12-13,17H,5-11H2,1-4H3. The number of nitrogens with zero attached hydrogens (tertiary/aromatic N) is 1. The van der Waals surface area contributed by atoms with Crippen LogP contribution in [0.1, 0.15) is 52.9 Å². The molecule has 3 atom stereocenters. The lowest BCUT2D eigenvalue weighted by Gasteiger charge is -2.49. The van der Waals surface area contributed by atoms with E-state index in [0.717, 1.165) is 32.4 Å². The predicted octanol–water partition coefficient (Wildman–Crippen LogP) is 2.43. The predicted molar refractivity (Wildman–Crippen MR) is 73.6 cm³/mol. The second kappa shape index (κ2) is 5.10. The van der Waals surface area contributed by atoms with E-state index in [9.17, 15) is 5.11 Å². The number of aliphatic hydroxyl groups is 1. The molecular weight excluding hydrogens is 226 g/mol. The Kier molecular flexibility index (Phi) is 4.05. The van der Waals surface area contributed by atoms with Crippen molar-refractivity contribution >= 4 is 0 Å². The largest absolute Gasteiger partial charge is 0.391 e. The molecule has 3 nitrogen and oxygen atoms in total. The number of hydrogen-bond acceptors (Lipinski definition) is 3. The minimum atomic E-state index is -0.203. The molecule has 3 unspecified atom stereocenters. The molecule has 0 amide bonds. The summed E-state index contributed by atoms with van der Waals surface area (Å²) in [6.07, 6.45) is 5.60. The van der Waals surface area contributed by atoms with Crippen LogP contribution in [-0.4, -0.2) is 48.0 Å². The van der Waals surface area contributed by atoms with Crippen LogP contribution in [0.25, 0.3) is 0 Å². The quantitative estimate of drug-likeness (QED) is 0.822. The second-order valence-corrected chi connectivity index (χ2v) is 7.12. The van der Waals surface area contributed by atoms with E-state index in [0.29, 0.717) is 6.04 Å². The molecule has 18 heavy (non-hydrogen) atoms. The fourth-order valence-corrected chi connectivity index (χ4v) is 3.67. The molecule has 2 fully saturated rings. The molecule has 0 aromatic heterocycles. The van der Waals surface area contributed by atoms with E-state index < -0.39 is 0 Å². The van der Waals surface area contributed by atoms with Gasteiger partial charge >= 0.3 is 0 Å². The van der Waals surface area contributed by atoms with Crippen molar-refractivity contribution in [2.24, 2.45) is 5.41 Å². The zero-order valence-electron chi connectivity index (χ0n) is 12.4. The number of aliphatic hydroxyl groups excluding tert-OH is 1. The summed E-state index contributed by atoms with van der Waals surface area (Å²) in [4.78, 5) is 2.47. The first-order valence-electron chi connectivity index (χ1n) is 7.35. The number of piperidine rings is 1. The van der Waals surface area contributed by atoms with Crippen LogP contribution < -0.4 is 0 Å². The Bertz CT molecular complexity index is 292. The lowest BCUT2D eigenvalue weighted by atomic mass is 9.71. The Labute approximate surface area is 112 Å². The van der Waals surface area contributed by atoms with Crippen LogP contribution >= 0.6 is 0 Å². The van der Waals surface area contributed by atoms with E-state index in [4.69, 9.17) is 4.74 Å². The minimum absolute atomic E-state index is 0.0282. The third-order valence-corrected chi connectivity index (χ3v) is 5.14. The van der Waals surface area contributed by atoms with Gasteiger partial charge in [-0.25, -0.2) is 0 Å². The highest BCUT2D eigenvalue weighted by atomic mass is 16.5. The van der Waals surface area contributed by atoms with Gasteiger partial charge in [-0.05, 0) is 44.6 Å². The molecule has 0 aromatic carbocycles. The third kappa shape index (κ3) is 2.73.